The minimum atomic E-state index is 0.570. The normalized spacial score (nSPS) is 19.9. The quantitative estimate of drug-likeness (QED) is 0.508. The van der Waals surface area contributed by atoms with Crippen LogP contribution in [0, 0.1) is 0 Å². The van der Waals surface area contributed by atoms with Gasteiger partial charge in [-0.2, -0.15) is 5.10 Å². The second kappa shape index (κ2) is 5.88. The highest BCUT2D eigenvalue weighted by atomic mass is 32.1. The Kier molecular flexibility index (Phi) is 4.70. The maximum absolute atomic E-state index is 5.24. The van der Waals surface area contributed by atoms with E-state index in [-0.39, 0.29) is 0 Å². The highest BCUT2D eigenvalue weighted by Crippen LogP contribution is 2.01. The Labute approximate surface area is 83.7 Å². The molecule has 0 bridgehead atoms. The Bertz CT molecular complexity index is 198. The first-order chi connectivity index (χ1) is 6.33. The van der Waals surface area contributed by atoms with E-state index in [1.165, 1.54) is 0 Å². The van der Waals surface area contributed by atoms with Crippen molar-refractivity contribution in [2.45, 2.75) is 19.8 Å². The van der Waals surface area contributed by atoms with Gasteiger partial charge in [0.05, 0.1) is 12.3 Å². The molecule has 0 saturated carbocycles. The van der Waals surface area contributed by atoms with Crippen LogP contribution < -0.4 is 10.7 Å². The fourth-order valence-corrected chi connectivity index (χ4v) is 1.25. The lowest BCUT2D eigenvalue weighted by Gasteiger charge is -2.13. The van der Waals surface area contributed by atoms with Crippen molar-refractivity contribution in [1.82, 2.24) is 10.7 Å². The molecule has 0 aromatic heterocycles. The molecule has 0 aliphatic carbocycles. The lowest BCUT2D eigenvalue weighted by Crippen LogP contribution is -2.33. The Morgan fingerprint density at radius 1 is 1.69 bits per heavy atom. The fourth-order valence-electron chi connectivity index (χ4n) is 1.06. The zero-order valence-electron chi connectivity index (χ0n) is 7.80. The van der Waals surface area contributed by atoms with Gasteiger partial charge in [-0.3, -0.25) is 5.43 Å². The second-order valence-electron chi connectivity index (χ2n) is 2.81. The molecule has 0 atom stereocenters. The number of rotatable bonds is 2. The lowest BCUT2D eigenvalue weighted by atomic mass is 10.2. The SMILES string of the molecule is CCNC(=S)N/N=C1\CCCOC1. The zero-order chi connectivity index (χ0) is 9.52. The van der Waals surface area contributed by atoms with E-state index in [2.05, 4.69) is 15.8 Å². The summed E-state index contributed by atoms with van der Waals surface area (Å²) in [6.45, 7) is 4.27. The Morgan fingerprint density at radius 3 is 3.15 bits per heavy atom. The molecule has 0 unspecified atom stereocenters. The van der Waals surface area contributed by atoms with Crippen LogP contribution in [0.5, 0.6) is 0 Å². The van der Waals surface area contributed by atoms with Crippen LogP contribution >= 0.6 is 12.2 Å². The summed E-state index contributed by atoms with van der Waals surface area (Å²) in [7, 11) is 0. The van der Waals surface area contributed by atoms with Crippen LogP contribution in [-0.2, 0) is 4.74 Å². The largest absolute Gasteiger partial charge is 0.375 e. The van der Waals surface area contributed by atoms with Gasteiger partial charge in [-0.25, -0.2) is 0 Å². The van der Waals surface area contributed by atoms with E-state index >= 15 is 0 Å². The van der Waals surface area contributed by atoms with Crippen LogP contribution in [0.1, 0.15) is 19.8 Å². The summed E-state index contributed by atoms with van der Waals surface area (Å²) in [5.41, 5.74) is 3.82. The number of ether oxygens (including phenoxy) is 1. The number of hydrazone groups is 1. The molecule has 0 spiro atoms. The van der Waals surface area contributed by atoms with Crippen LogP contribution in [0.3, 0.4) is 0 Å². The van der Waals surface area contributed by atoms with Crippen LogP contribution in [0.2, 0.25) is 0 Å². The first kappa shape index (κ1) is 10.4. The van der Waals surface area contributed by atoms with Crippen molar-refractivity contribution in [3.05, 3.63) is 0 Å². The van der Waals surface area contributed by atoms with E-state index in [0.717, 1.165) is 31.7 Å². The molecule has 0 aromatic rings. The molecule has 2 N–H and O–H groups in total. The molecule has 1 aliphatic rings. The monoisotopic (exact) mass is 201 g/mol. The van der Waals surface area contributed by atoms with Crippen LogP contribution in [0.15, 0.2) is 5.10 Å². The molecule has 5 heteroatoms. The third-order valence-electron chi connectivity index (χ3n) is 1.68. The minimum absolute atomic E-state index is 0.570. The first-order valence-corrected chi connectivity index (χ1v) is 4.90. The average molecular weight is 201 g/mol. The summed E-state index contributed by atoms with van der Waals surface area (Å²) in [5.74, 6) is 0. The summed E-state index contributed by atoms with van der Waals surface area (Å²) in [4.78, 5) is 0. The smallest absolute Gasteiger partial charge is 0.186 e. The summed E-state index contributed by atoms with van der Waals surface area (Å²) >= 11 is 4.95. The number of thiocarbonyl (C=S) groups is 1. The van der Waals surface area contributed by atoms with Crippen LogP contribution in [-0.4, -0.2) is 30.6 Å². The van der Waals surface area contributed by atoms with Crippen molar-refractivity contribution < 1.29 is 4.74 Å². The number of hydrogen-bond donors (Lipinski definition) is 2. The standard InChI is InChI=1S/C8H15N3OS/c1-2-9-8(13)11-10-7-4-3-5-12-6-7/h2-6H2,1H3,(H2,9,11,13)/b10-7+. The van der Waals surface area contributed by atoms with Crippen LogP contribution in [0.4, 0.5) is 0 Å². The Balaban J connectivity index is 2.25. The van der Waals surface area contributed by atoms with E-state index in [1.807, 2.05) is 6.92 Å². The van der Waals surface area contributed by atoms with Gasteiger partial charge in [0.1, 0.15) is 0 Å². The summed E-state index contributed by atoms with van der Waals surface area (Å²) < 4.78 is 5.24. The lowest BCUT2D eigenvalue weighted by molar-refractivity contribution is 0.154. The number of nitrogens with one attached hydrogen (secondary N) is 2. The minimum Gasteiger partial charge on any atom is -0.375 e. The predicted molar refractivity (Wildman–Crippen MR) is 56.9 cm³/mol. The maximum atomic E-state index is 5.24. The van der Waals surface area contributed by atoms with Gasteiger partial charge in [-0.15, -0.1) is 0 Å². The van der Waals surface area contributed by atoms with Crippen molar-refractivity contribution in [3.63, 3.8) is 0 Å². The van der Waals surface area contributed by atoms with E-state index < -0.39 is 0 Å². The molecule has 1 fully saturated rings. The molecule has 0 amide bonds. The molecule has 1 saturated heterocycles. The van der Waals surface area contributed by atoms with E-state index in [0.29, 0.717) is 11.7 Å². The molecular formula is C8H15N3OS. The highest BCUT2D eigenvalue weighted by Gasteiger charge is 2.06. The van der Waals surface area contributed by atoms with Gasteiger partial charge in [0, 0.05) is 13.2 Å². The third kappa shape index (κ3) is 4.19. The topological polar surface area (TPSA) is 45.7 Å². The van der Waals surface area contributed by atoms with Crippen LogP contribution in [0.25, 0.3) is 0 Å². The van der Waals surface area contributed by atoms with Crippen molar-refractivity contribution >= 4 is 23.0 Å². The number of hydrogen-bond acceptors (Lipinski definition) is 3. The van der Waals surface area contributed by atoms with Gasteiger partial charge in [0.2, 0.25) is 0 Å². The fraction of sp³-hybridized carbons (Fsp3) is 0.750. The zero-order valence-corrected chi connectivity index (χ0v) is 8.62. The maximum Gasteiger partial charge on any atom is 0.186 e. The second-order valence-corrected chi connectivity index (χ2v) is 3.21. The molecule has 74 valence electrons. The van der Waals surface area contributed by atoms with Gasteiger partial charge in [0.15, 0.2) is 5.11 Å². The molecule has 1 aliphatic heterocycles. The van der Waals surface area contributed by atoms with Crippen molar-refractivity contribution in [1.29, 1.82) is 0 Å². The third-order valence-corrected chi connectivity index (χ3v) is 1.91. The number of nitrogens with zero attached hydrogens (tertiary/aromatic N) is 1. The highest BCUT2D eigenvalue weighted by molar-refractivity contribution is 7.80. The van der Waals surface area contributed by atoms with E-state index in [1.54, 1.807) is 0 Å². The average Bonchev–Trinajstić information content (AvgIpc) is 2.17. The van der Waals surface area contributed by atoms with Crippen molar-refractivity contribution in [2.75, 3.05) is 19.8 Å². The van der Waals surface area contributed by atoms with Gasteiger partial charge in [-0.1, -0.05) is 0 Å². The molecule has 0 radical (unpaired) electrons. The molecule has 1 heterocycles. The van der Waals surface area contributed by atoms with Gasteiger partial charge >= 0.3 is 0 Å². The van der Waals surface area contributed by atoms with Crippen molar-refractivity contribution in [3.8, 4) is 0 Å². The summed E-state index contributed by atoms with van der Waals surface area (Å²) in [6.07, 6.45) is 2.05. The summed E-state index contributed by atoms with van der Waals surface area (Å²) in [5, 5.41) is 7.67. The molecule has 4 nitrogen and oxygen atoms in total. The summed E-state index contributed by atoms with van der Waals surface area (Å²) in [6, 6.07) is 0. The van der Waals surface area contributed by atoms with E-state index in [4.69, 9.17) is 17.0 Å². The molecule has 1 rings (SSSR count). The molecule has 13 heavy (non-hydrogen) atoms. The van der Waals surface area contributed by atoms with Gasteiger partial charge in [-0.05, 0) is 32.0 Å². The first-order valence-electron chi connectivity index (χ1n) is 4.50. The molecular weight excluding hydrogens is 186 g/mol. The van der Waals surface area contributed by atoms with Gasteiger partial charge < -0.3 is 10.1 Å². The van der Waals surface area contributed by atoms with E-state index in [9.17, 15) is 0 Å². The van der Waals surface area contributed by atoms with Crippen molar-refractivity contribution in [2.24, 2.45) is 5.10 Å². The van der Waals surface area contributed by atoms with Gasteiger partial charge in [0.25, 0.3) is 0 Å². The Morgan fingerprint density at radius 2 is 2.54 bits per heavy atom. The Hall–Kier alpha value is -0.680. The predicted octanol–water partition coefficient (Wildman–Crippen LogP) is 0.637. The molecule has 0 aromatic carbocycles.